The SMILES string of the molecule is c1ccc(-n2c3ncccc3c3cccc(-c4ccc5c(c4)c4ccccc4n5-c4ccc5ccccc5c4)c32)cc1. The van der Waals surface area contributed by atoms with E-state index in [-0.39, 0.29) is 0 Å². The Morgan fingerprint density at radius 1 is 0.429 bits per heavy atom. The van der Waals surface area contributed by atoms with E-state index in [9.17, 15) is 0 Å². The fourth-order valence-corrected chi connectivity index (χ4v) is 6.69. The molecule has 0 spiro atoms. The van der Waals surface area contributed by atoms with Gasteiger partial charge in [0.1, 0.15) is 5.65 Å². The first-order chi connectivity index (χ1) is 20.8. The van der Waals surface area contributed by atoms with E-state index in [4.69, 9.17) is 4.98 Å². The Hall–Kier alpha value is -5.67. The van der Waals surface area contributed by atoms with Gasteiger partial charge in [0.05, 0.1) is 16.6 Å². The molecule has 3 heterocycles. The van der Waals surface area contributed by atoms with Gasteiger partial charge < -0.3 is 4.57 Å². The van der Waals surface area contributed by atoms with Crippen LogP contribution >= 0.6 is 0 Å². The number of fused-ring (bicyclic) bond motifs is 7. The van der Waals surface area contributed by atoms with E-state index in [1.807, 2.05) is 12.3 Å². The second-order valence-corrected chi connectivity index (χ2v) is 10.9. The van der Waals surface area contributed by atoms with Gasteiger partial charge in [-0.2, -0.15) is 0 Å². The van der Waals surface area contributed by atoms with Crippen LogP contribution in [0.1, 0.15) is 0 Å². The molecule has 0 unspecified atom stereocenters. The molecule has 0 saturated carbocycles. The highest BCUT2D eigenvalue weighted by Gasteiger charge is 2.19. The number of para-hydroxylation sites is 3. The lowest BCUT2D eigenvalue weighted by Gasteiger charge is -2.12. The van der Waals surface area contributed by atoms with Crippen LogP contribution in [0.2, 0.25) is 0 Å². The van der Waals surface area contributed by atoms with Gasteiger partial charge in [-0.3, -0.25) is 4.57 Å². The first kappa shape index (κ1) is 23.1. The molecule has 0 bridgehead atoms. The van der Waals surface area contributed by atoms with Crippen molar-refractivity contribution in [1.29, 1.82) is 0 Å². The van der Waals surface area contributed by atoms with Crippen molar-refractivity contribution in [2.24, 2.45) is 0 Å². The normalized spacial score (nSPS) is 11.8. The molecule has 3 nitrogen and oxygen atoms in total. The quantitative estimate of drug-likeness (QED) is 0.221. The highest BCUT2D eigenvalue weighted by molar-refractivity contribution is 6.15. The summed E-state index contributed by atoms with van der Waals surface area (Å²) in [7, 11) is 0. The molecule has 3 heteroatoms. The Labute approximate surface area is 242 Å². The molecule has 0 aliphatic rings. The minimum atomic E-state index is 0.972. The molecule has 0 saturated heterocycles. The minimum absolute atomic E-state index is 0.972. The van der Waals surface area contributed by atoms with E-state index in [0.29, 0.717) is 0 Å². The van der Waals surface area contributed by atoms with Gasteiger partial charge in [-0.15, -0.1) is 0 Å². The Balaban J connectivity index is 1.34. The van der Waals surface area contributed by atoms with Crippen LogP contribution in [-0.4, -0.2) is 14.1 Å². The first-order valence-electron chi connectivity index (χ1n) is 14.3. The Bertz CT molecular complexity index is 2460. The topological polar surface area (TPSA) is 22.8 Å². The van der Waals surface area contributed by atoms with Crippen molar-refractivity contribution in [1.82, 2.24) is 14.1 Å². The average Bonchev–Trinajstić information content (AvgIpc) is 3.58. The van der Waals surface area contributed by atoms with Gasteiger partial charge in [0.15, 0.2) is 0 Å². The van der Waals surface area contributed by atoms with Gasteiger partial charge in [0.25, 0.3) is 0 Å². The van der Waals surface area contributed by atoms with Crippen LogP contribution in [0.4, 0.5) is 0 Å². The summed E-state index contributed by atoms with van der Waals surface area (Å²) in [5.74, 6) is 0. The lowest BCUT2D eigenvalue weighted by molar-refractivity contribution is 1.14. The predicted octanol–water partition coefficient (Wildman–Crippen LogP) is 10.1. The van der Waals surface area contributed by atoms with Gasteiger partial charge in [0, 0.05) is 44.7 Å². The minimum Gasteiger partial charge on any atom is -0.309 e. The van der Waals surface area contributed by atoms with Crippen LogP contribution in [0, 0.1) is 0 Å². The van der Waals surface area contributed by atoms with E-state index in [0.717, 1.165) is 16.7 Å². The molecule has 0 N–H and O–H groups in total. The molecule has 9 rings (SSSR count). The van der Waals surface area contributed by atoms with Gasteiger partial charge in [-0.25, -0.2) is 4.98 Å². The number of pyridine rings is 1. The lowest BCUT2D eigenvalue weighted by atomic mass is 10.00. The molecular formula is C39H25N3. The standard InChI is InChI=1S/C39H25N3/c1-2-12-29(13-3-1)42-38-31(15-8-16-33(38)34-17-9-23-40-39(34)42)28-20-22-37-35(25-28)32-14-6-7-18-36(32)41(37)30-21-19-26-10-4-5-11-27(26)24-30/h1-25H. The van der Waals surface area contributed by atoms with Crippen LogP contribution in [0.15, 0.2) is 152 Å². The zero-order valence-electron chi connectivity index (χ0n) is 22.8. The van der Waals surface area contributed by atoms with Crippen LogP contribution < -0.4 is 0 Å². The van der Waals surface area contributed by atoms with Crippen molar-refractivity contribution in [3.8, 4) is 22.5 Å². The van der Waals surface area contributed by atoms with Gasteiger partial charge >= 0.3 is 0 Å². The van der Waals surface area contributed by atoms with Crippen LogP contribution in [-0.2, 0) is 0 Å². The van der Waals surface area contributed by atoms with E-state index in [2.05, 4.69) is 149 Å². The maximum absolute atomic E-state index is 4.84. The van der Waals surface area contributed by atoms with Crippen molar-refractivity contribution < 1.29 is 0 Å². The molecule has 0 atom stereocenters. The Kier molecular flexibility index (Phi) is 4.90. The number of benzene rings is 6. The molecule has 42 heavy (non-hydrogen) atoms. The van der Waals surface area contributed by atoms with Crippen LogP contribution in [0.5, 0.6) is 0 Å². The summed E-state index contributed by atoms with van der Waals surface area (Å²) >= 11 is 0. The highest BCUT2D eigenvalue weighted by Crippen LogP contribution is 2.40. The number of hydrogen-bond acceptors (Lipinski definition) is 1. The maximum atomic E-state index is 4.84. The second kappa shape index (κ2) is 8.92. The van der Waals surface area contributed by atoms with E-state index in [1.165, 1.54) is 60.3 Å². The molecule has 6 aromatic carbocycles. The summed E-state index contributed by atoms with van der Waals surface area (Å²) in [6, 6.07) is 52.3. The zero-order valence-corrected chi connectivity index (χ0v) is 22.8. The van der Waals surface area contributed by atoms with Crippen molar-refractivity contribution in [2.45, 2.75) is 0 Å². The monoisotopic (exact) mass is 535 g/mol. The number of rotatable bonds is 3. The van der Waals surface area contributed by atoms with Crippen LogP contribution in [0.25, 0.3) is 77.0 Å². The van der Waals surface area contributed by atoms with Gasteiger partial charge in [-0.05, 0) is 70.9 Å². The molecular weight excluding hydrogens is 510 g/mol. The van der Waals surface area contributed by atoms with Crippen molar-refractivity contribution >= 4 is 54.5 Å². The van der Waals surface area contributed by atoms with Gasteiger partial charge in [-0.1, -0.05) is 91.0 Å². The number of nitrogens with zero attached hydrogens (tertiary/aromatic N) is 3. The van der Waals surface area contributed by atoms with Crippen molar-refractivity contribution in [3.63, 3.8) is 0 Å². The fraction of sp³-hybridized carbons (Fsp3) is 0. The Morgan fingerprint density at radius 2 is 1.19 bits per heavy atom. The number of hydrogen-bond donors (Lipinski definition) is 0. The molecule has 196 valence electrons. The molecule has 3 aromatic heterocycles. The lowest BCUT2D eigenvalue weighted by Crippen LogP contribution is -1.96. The van der Waals surface area contributed by atoms with E-state index < -0.39 is 0 Å². The highest BCUT2D eigenvalue weighted by atomic mass is 15.0. The van der Waals surface area contributed by atoms with Crippen LogP contribution in [0.3, 0.4) is 0 Å². The predicted molar refractivity (Wildman–Crippen MR) is 176 cm³/mol. The molecule has 0 radical (unpaired) electrons. The summed E-state index contributed by atoms with van der Waals surface area (Å²) in [5.41, 5.74) is 9.22. The van der Waals surface area contributed by atoms with E-state index >= 15 is 0 Å². The van der Waals surface area contributed by atoms with Crippen molar-refractivity contribution in [2.75, 3.05) is 0 Å². The second-order valence-electron chi connectivity index (χ2n) is 10.9. The maximum Gasteiger partial charge on any atom is 0.145 e. The third kappa shape index (κ3) is 3.31. The molecule has 0 aliphatic carbocycles. The zero-order chi connectivity index (χ0) is 27.6. The number of aromatic nitrogens is 3. The summed E-state index contributed by atoms with van der Waals surface area (Å²) in [6.07, 6.45) is 1.88. The summed E-state index contributed by atoms with van der Waals surface area (Å²) in [5, 5.41) is 7.35. The fourth-order valence-electron chi connectivity index (χ4n) is 6.69. The summed E-state index contributed by atoms with van der Waals surface area (Å²) in [4.78, 5) is 4.84. The van der Waals surface area contributed by atoms with Gasteiger partial charge in [0.2, 0.25) is 0 Å². The largest absolute Gasteiger partial charge is 0.309 e. The molecule has 0 amide bonds. The molecule has 0 fully saturated rings. The molecule has 0 aliphatic heterocycles. The average molecular weight is 536 g/mol. The third-order valence-electron chi connectivity index (χ3n) is 8.54. The summed E-state index contributed by atoms with van der Waals surface area (Å²) < 4.78 is 4.70. The van der Waals surface area contributed by atoms with Crippen molar-refractivity contribution in [3.05, 3.63) is 152 Å². The Morgan fingerprint density at radius 3 is 2.12 bits per heavy atom. The molecule has 9 aromatic rings. The first-order valence-corrected chi connectivity index (χ1v) is 14.3. The smallest absolute Gasteiger partial charge is 0.145 e. The summed E-state index contributed by atoms with van der Waals surface area (Å²) in [6.45, 7) is 0. The van der Waals surface area contributed by atoms with E-state index in [1.54, 1.807) is 0 Å². The third-order valence-corrected chi connectivity index (χ3v) is 8.54.